The van der Waals surface area contributed by atoms with Gasteiger partial charge < -0.3 is 15.6 Å². The van der Waals surface area contributed by atoms with Gasteiger partial charge in [0.1, 0.15) is 0 Å². The van der Waals surface area contributed by atoms with Crippen LogP contribution in [-0.2, 0) is 15.6 Å². The monoisotopic (exact) mass is 263 g/mol. The Morgan fingerprint density at radius 1 is 1.37 bits per heavy atom. The first-order valence-electron chi connectivity index (χ1n) is 6.87. The van der Waals surface area contributed by atoms with E-state index >= 15 is 0 Å². The molecule has 1 heterocycles. The smallest absolute Gasteiger partial charge is 0.0601 e. The average molecular weight is 263 g/mol. The Labute approximate surface area is 115 Å². The highest BCUT2D eigenvalue weighted by molar-refractivity contribution is 5.42. The van der Waals surface area contributed by atoms with Crippen molar-refractivity contribution in [1.29, 1.82) is 0 Å². The van der Waals surface area contributed by atoms with Crippen LogP contribution in [0.5, 0.6) is 0 Å². The van der Waals surface area contributed by atoms with E-state index in [1.807, 2.05) is 0 Å². The van der Waals surface area contributed by atoms with Crippen LogP contribution < -0.4 is 5.73 Å². The van der Waals surface area contributed by atoms with Crippen LogP contribution in [0.4, 0.5) is 0 Å². The zero-order chi connectivity index (χ0) is 14.3. The zero-order valence-electron chi connectivity index (χ0n) is 12.4. The van der Waals surface area contributed by atoms with Gasteiger partial charge in [0.2, 0.25) is 0 Å². The number of hydrogen-bond donors (Lipinski definition) is 2. The molecular formula is C16H25NO2. The van der Waals surface area contributed by atoms with E-state index in [4.69, 9.17) is 10.5 Å². The van der Waals surface area contributed by atoms with Crippen LogP contribution in [0.25, 0.3) is 0 Å². The Morgan fingerprint density at radius 2 is 2.00 bits per heavy atom. The number of hydrogen-bond acceptors (Lipinski definition) is 3. The summed E-state index contributed by atoms with van der Waals surface area (Å²) >= 11 is 0. The summed E-state index contributed by atoms with van der Waals surface area (Å²) in [7, 11) is 0. The average Bonchev–Trinajstić information content (AvgIpc) is 2.28. The van der Waals surface area contributed by atoms with E-state index in [1.165, 1.54) is 16.7 Å². The molecule has 1 aliphatic heterocycles. The largest absolute Gasteiger partial charge is 0.395 e. The normalized spacial score (nSPS) is 19.9. The van der Waals surface area contributed by atoms with Gasteiger partial charge >= 0.3 is 0 Å². The van der Waals surface area contributed by atoms with Crippen LogP contribution >= 0.6 is 0 Å². The molecule has 1 fully saturated rings. The van der Waals surface area contributed by atoms with Gasteiger partial charge in [0, 0.05) is 6.04 Å². The number of aryl methyl sites for hydroxylation is 1. The molecule has 1 aliphatic rings. The summed E-state index contributed by atoms with van der Waals surface area (Å²) < 4.78 is 5.40. The molecule has 1 atom stereocenters. The molecule has 0 radical (unpaired) electrons. The Balaban J connectivity index is 2.49. The minimum atomic E-state index is -0.268. The van der Waals surface area contributed by atoms with Crippen molar-refractivity contribution >= 4 is 0 Å². The van der Waals surface area contributed by atoms with E-state index in [-0.39, 0.29) is 23.5 Å². The van der Waals surface area contributed by atoms with E-state index in [0.29, 0.717) is 13.2 Å². The molecule has 0 amide bonds. The highest BCUT2D eigenvalue weighted by Gasteiger charge is 2.46. The molecule has 1 unspecified atom stereocenters. The number of ether oxygens (including phenoxy) is 1. The Hall–Kier alpha value is -0.900. The maximum Gasteiger partial charge on any atom is 0.0601 e. The molecular weight excluding hydrogens is 238 g/mol. The lowest BCUT2D eigenvalue weighted by molar-refractivity contribution is -0.0801. The Morgan fingerprint density at radius 3 is 2.42 bits per heavy atom. The van der Waals surface area contributed by atoms with E-state index in [2.05, 4.69) is 45.9 Å². The zero-order valence-corrected chi connectivity index (χ0v) is 12.4. The highest BCUT2D eigenvalue weighted by Crippen LogP contribution is 2.38. The van der Waals surface area contributed by atoms with Crippen molar-refractivity contribution in [1.82, 2.24) is 0 Å². The molecule has 1 aromatic rings. The fraction of sp³-hybridized carbons (Fsp3) is 0.625. The van der Waals surface area contributed by atoms with Crippen molar-refractivity contribution in [2.45, 2.75) is 44.6 Å². The van der Waals surface area contributed by atoms with Crippen LogP contribution in [0, 0.1) is 6.92 Å². The van der Waals surface area contributed by atoms with Crippen molar-refractivity contribution < 1.29 is 9.84 Å². The molecule has 0 aliphatic carbocycles. The summed E-state index contributed by atoms with van der Waals surface area (Å²) in [5, 5.41) is 9.44. The molecule has 2 rings (SSSR count). The quantitative estimate of drug-likeness (QED) is 0.875. The van der Waals surface area contributed by atoms with Gasteiger partial charge in [0.05, 0.1) is 25.2 Å². The van der Waals surface area contributed by atoms with E-state index < -0.39 is 0 Å². The van der Waals surface area contributed by atoms with Gasteiger partial charge in [-0.25, -0.2) is 0 Å². The molecule has 0 aromatic heterocycles. The molecule has 0 bridgehead atoms. The molecule has 3 heteroatoms. The van der Waals surface area contributed by atoms with Crippen LogP contribution in [0.15, 0.2) is 18.2 Å². The summed E-state index contributed by atoms with van der Waals surface area (Å²) in [6, 6.07) is 6.31. The minimum Gasteiger partial charge on any atom is -0.395 e. The van der Waals surface area contributed by atoms with Gasteiger partial charge in [0.15, 0.2) is 0 Å². The maximum absolute atomic E-state index is 9.44. The van der Waals surface area contributed by atoms with E-state index in [0.717, 1.165) is 0 Å². The molecule has 0 saturated carbocycles. The number of nitrogens with two attached hydrogens (primary N) is 1. The van der Waals surface area contributed by atoms with Crippen LogP contribution in [0.2, 0.25) is 0 Å². The Bertz CT molecular complexity index is 458. The van der Waals surface area contributed by atoms with Crippen LogP contribution in [0.1, 0.15) is 37.5 Å². The second kappa shape index (κ2) is 4.89. The topological polar surface area (TPSA) is 55.5 Å². The van der Waals surface area contributed by atoms with Crippen molar-refractivity contribution in [2.24, 2.45) is 5.73 Å². The Kier molecular flexibility index (Phi) is 3.74. The fourth-order valence-electron chi connectivity index (χ4n) is 2.69. The highest BCUT2D eigenvalue weighted by atomic mass is 16.5. The van der Waals surface area contributed by atoms with Gasteiger partial charge in [-0.3, -0.25) is 0 Å². The molecule has 0 spiro atoms. The first-order valence-corrected chi connectivity index (χ1v) is 6.87. The molecule has 106 valence electrons. The van der Waals surface area contributed by atoms with Gasteiger partial charge in [-0.2, -0.15) is 0 Å². The summed E-state index contributed by atoms with van der Waals surface area (Å²) in [4.78, 5) is 0. The summed E-state index contributed by atoms with van der Waals surface area (Å²) in [5.41, 5.74) is 9.78. The number of aliphatic hydroxyl groups is 1. The first-order chi connectivity index (χ1) is 8.81. The van der Waals surface area contributed by atoms with Crippen molar-refractivity contribution in [3.05, 3.63) is 34.9 Å². The van der Waals surface area contributed by atoms with Crippen LogP contribution in [-0.4, -0.2) is 31.0 Å². The second-order valence-electron chi connectivity index (χ2n) is 6.72. The number of rotatable bonds is 3. The van der Waals surface area contributed by atoms with E-state index in [9.17, 15) is 5.11 Å². The van der Waals surface area contributed by atoms with Gasteiger partial charge in [-0.15, -0.1) is 0 Å². The predicted molar refractivity (Wildman–Crippen MR) is 77.4 cm³/mol. The van der Waals surface area contributed by atoms with Gasteiger partial charge in [0.25, 0.3) is 0 Å². The molecule has 3 N–H and O–H groups in total. The third kappa shape index (κ3) is 2.42. The number of aliphatic hydroxyl groups excluding tert-OH is 1. The second-order valence-corrected chi connectivity index (χ2v) is 6.72. The summed E-state index contributed by atoms with van der Waals surface area (Å²) in [5.74, 6) is 0. The molecule has 1 saturated heterocycles. The standard InChI is InChI=1S/C16H25NO2/c1-11-5-6-12(15(2,3)4)7-13(11)16(9-19-10-16)14(17)8-18/h5-7,14,18H,8-10,17H2,1-4H3. The van der Waals surface area contributed by atoms with Gasteiger partial charge in [-0.05, 0) is 29.0 Å². The number of benzene rings is 1. The fourth-order valence-corrected chi connectivity index (χ4v) is 2.69. The third-order valence-corrected chi connectivity index (χ3v) is 4.27. The van der Waals surface area contributed by atoms with Crippen molar-refractivity contribution in [3.63, 3.8) is 0 Å². The lowest BCUT2D eigenvalue weighted by atomic mass is 9.70. The van der Waals surface area contributed by atoms with Crippen molar-refractivity contribution in [2.75, 3.05) is 19.8 Å². The predicted octanol–water partition coefficient (Wildman–Crippen LogP) is 1.88. The maximum atomic E-state index is 9.44. The van der Waals surface area contributed by atoms with E-state index in [1.54, 1.807) is 0 Å². The lowest BCUT2D eigenvalue weighted by Crippen LogP contribution is -2.60. The van der Waals surface area contributed by atoms with Crippen molar-refractivity contribution in [3.8, 4) is 0 Å². The molecule has 19 heavy (non-hydrogen) atoms. The van der Waals surface area contributed by atoms with Gasteiger partial charge in [-0.1, -0.05) is 39.0 Å². The summed E-state index contributed by atoms with van der Waals surface area (Å²) in [6.45, 7) is 9.91. The molecule has 1 aromatic carbocycles. The first kappa shape index (κ1) is 14.5. The summed E-state index contributed by atoms with van der Waals surface area (Å²) in [6.07, 6.45) is 0. The molecule has 3 nitrogen and oxygen atoms in total. The lowest BCUT2D eigenvalue weighted by Gasteiger charge is -2.46. The minimum absolute atomic E-state index is 0.0114. The SMILES string of the molecule is Cc1ccc(C(C)(C)C)cc1C1(C(N)CO)COC1. The third-order valence-electron chi connectivity index (χ3n) is 4.27. The van der Waals surface area contributed by atoms with Crippen LogP contribution in [0.3, 0.4) is 0 Å².